The maximum absolute atomic E-state index is 7.87. The van der Waals surface area contributed by atoms with Gasteiger partial charge in [-0.1, -0.05) is 32.0 Å². The van der Waals surface area contributed by atoms with Crippen LogP contribution >= 0.6 is 0 Å². The summed E-state index contributed by atoms with van der Waals surface area (Å²) in [6.45, 7) is 4.32. The highest BCUT2D eigenvalue weighted by molar-refractivity contribution is 5.87. The second-order valence-corrected chi connectivity index (χ2v) is 7.06. The van der Waals surface area contributed by atoms with Gasteiger partial charge < -0.3 is 0 Å². The molecule has 24 heavy (non-hydrogen) atoms. The van der Waals surface area contributed by atoms with Crippen molar-refractivity contribution >= 4 is 0 Å². The molecule has 1 aliphatic carbocycles. The van der Waals surface area contributed by atoms with Gasteiger partial charge in [0.2, 0.25) is 5.69 Å². The maximum atomic E-state index is 7.87. The Morgan fingerprint density at radius 1 is 1.04 bits per heavy atom. The number of nitrogens with zero attached hydrogens (tertiary/aromatic N) is 2. The molecule has 4 rings (SSSR count). The molecule has 0 fully saturated rings. The largest absolute Gasteiger partial charge is 0.260 e. The van der Waals surface area contributed by atoms with Crippen molar-refractivity contribution in [1.29, 1.82) is 0 Å². The number of aromatic nitrogens is 2. The van der Waals surface area contributed by atoms with E-state index in [4.69, 9.17) is 4.11 Å². The second kappa shape index (κ2) is 5.01. The van der Waals surface area contributed by atoms with Crippen LogP contribution in [-0.2, 0) is 12.5 Å². The quantitative estimate of drug-likeness (QED) is 0.604. The van der Waals surface area contributed by atoms with E-state index < -0.39 is 6.85 Å². The van der Waals surface area contributed by atoms with Crippen molar-refractivity contribution in [1.82, 2.24) is 4.98 Å². The molecule has 0 N–H and O–H groups in total. The minimum atomic E-state index is -2.16. The third-order valence-corrected chi connectivity index (χ3v) is 5.22. The Bertz CT molecular complexity index is 1070. The zero-order valence-corrected chi connectivity index (χ0v) is 14.5. The van der Waals surface area contributed by atoms with Gasteiger partial charge in [0, 0.05) is 40.3 Å². The predicted molar refractivity (Wildman–Crippen MR) is 97.9 cm³/mol. The molecule has 2 heterocycles. The lowest BCUT2D eigenvalue weighted by Gasteiger charge is -2.23. The molecule has 0 radical (unpaired) electrons. The first kappa shape index (κ1) is 12.0. The van der Waals surface area contributed by atoms with Gasteiger partial charge in [0.15, 0.2) is 5.69 Å². The lowest BCUT2D eigenvalue weighted by atomic mass is 9.80. The fraction of sp³-hybridized carbons (Fsp3) is 0.273. The normalized spacial score (nSPS) is 16.8. The standard InChI is InChI=1S/C22H23N2/c1-14-11-12-16-17-9-7-13-23-21(17)22(3,4)20(16)19(14)18-10-6-8-15(2)24(18)5/h6-13H,1-5H3/q+1/i2D3. The van der Waals surface area contributed by atoms with Gasteiger partial charge in [0.05, 0.1) is 11.3 Å². The van der Waals surface area contributed by atoms with Gasteiger partial charge in [-0.25, -0.2) is 0 Å². The van der Waals surface area contributed by atoms with Crippen LogP contribution in [0.15, 0.2) is 48.7 Å². The number of aryl methyl sites for hydroxylation is 2. The van der Waals surface area contributed by atoms with Crippen molar-refractivity contribution in [2.75, 3.05) is 0 Å². The van der Waals surface area contributed by atoms with Crippen molar-refractivity contribution in [2.45, 2.75) is 33.0 Å². The topological polar surface area (TPSA) is 16.8 Å². The van der Waals surface area contributed by atoms with Crippen LogP contribution in [0, 0.1) is 13.8 Å². The lowest BCUT2D eigenvalue weighted by molar-refractivity contribution is -0.666. The zero-order chi connectivity index (χ0) is 19.6. The number of benzene rings is 1. The Balaban J connectivity index is 2.07. The van der Waals surface area contributed by atoms with Crippen LogP contribution in [0.5, 0.6) is 0 Å². The summed E-state index contributed by atoms with van der Waals surface area (Å²) in [5.74, 6) is 0. The summed E-state index contributed by atoms with van der Waals surface area (Å²) < 4.78 is 25.4. The minimum Gasteiger partial charge on any atom is -0.260 e. The molecule has 0 saturated carbocycles. The average molecular weight is 318 g/mol. The molecule has 0 spiro atoms. The first-order valence-corrected chi connectivity index (χ1v) is 8.24. The second-order valence-electron chi connectivity index (χ2n) is 7.06. The van der Waals surface area contributed by atoms with E-state index in [9.17, 15) is 0 Å². The van der Waals surface area contributed by atoms with Gasteiger partial charge in [-0.3, -0.25) is 4.98 Å². The van der Waals surface area contributed by atoms with E-state index in [1.54, 1.807) is 6.07 Å². The van der Waals surface area contributed by atoms with Crippen LogP contribution < -0.4 is 4.57 Å². The molecule has 0 bridgehead atoms. The average Bonchev–Trinajstić information content (AvgIpc) is 2.83. The van der Waals surface area contributed by atoms with Gasteiger partial charge in [-0.05, 0) is 35.7 Å². The molecule has 2 aromatic heterocycles. The molecule has 1 aliphatic rings. The lowest BCUT2D eigenvalue weighted by Crippen LogP contribution is -2.35. The molecular weight excluding hydrogens is 292 g/mol. The fourth-order valence-corrected chi connectivity index (χ4v) is 3.98. The molecule has 0 aliphatic heterocycles. The monoisotopic (exact) mass is 318 g/mol. The van der Waals surface area contributed by atoms with Crippen molar-refractivity contribution in [3.05, 3.63) is 71.2 Å². The summed E-state index contributed by atoms with van der Waals surface area (Å²) in [4.78, 5) is 4.67. The van der Waals surface area contributed by atoms with Crippen molar-refractivity contribution < 1.29 is 8.68 Å². The molecule has 0 saturated heterocycles. The number of hydrogen-bond donors (Lipinski definition) is 0. The number of rotatable bonds is 1. The van der Waals surface area contributed by atoms with E-state index in [-0.39, 0.29) is 5.41 Å². The van der Waals surface area contributed by atoms with Crippen LogP contribution in [0.4, 0.5) is 0 Å². The number of pyridine rings is 2. The van der Waals surface area contributed by atoms with E-state index in [0.717, 1.165) is 28.1 Å². The molecule has 3 aromatic rings. The van der Waals surface area contributed by atoms with Gasteiger partial charge in [-0.2, -0.15) is 4.57 Å². The predicted octanol–water partition coefficient (Wildman–Crippen LogP) is 4.50. The Morgan fingerprint density at radius 3 is 2.67 bits per heavy atom. The first-order chi connectivity index (χ1) is 12.6. The number of hydrogen-bond acceptors (Lipinski definition) is 1. The van der Waals surface area contributed by atoms with Gasteiger partial charge in [0.1, 0.15) is 7.05 Å². The van der Waals surface area contributed by atoms with Gasteiger partial charge >= 0.3 is 0 Å². The van der Waals surface area contributed by atoms with E-state index in [0.29, 0.717) is 5.69 Å². The molecule has 1 aromatic carbocycles. The van der Waals surface area contributed by atoms with Crippen molar-refractivity contribution in [3.63, 3.8) is 0 Å². The smallest absolute Gasteiger partial charge is 0.213 e. The zero-order valence-electron chi connectivity index (χ0n) is 17.5. The number of fused-ring (bicyclic) bond motifs is 3. The van der Waals surface area contributed by atoms with Gasteiger partial charge in [0.25, 0.3) is 0 Å². The summed E-state index contributed by atoms with van der Waals surface area (Å²) in [5, 5.41) is 0. The van der Waals surface area contributed by atoms with Crippen LogP contribution in [-0.4, -0.2) is 4.98 Å². The van der Waals surface area contributed by atoms with Crippen LogP contribution in [0.2, 0.25) is 0 Å². The SMILES string of the molecule is [2H]C([2H])([2H])c1cccc(-c2c(C)ccc3c2C(C)(C)c2ncccc2-3)[n+]1C. The van der Waals surface area contributed by atoms with E-state index >= 15 is 0 Å². The Hall–Kier alpha value is -2.48. The summed E-state index contributed by atoms with van der Waals surface area (Å²) in [6.07, 6.45) is 1.84. The van der Waals surface area contributed by atoms with E-state index in [1.807, 2.05) is 36.0 Å². The maximum Gasteiger partial charge on any atom is 0.213 e. The highest BCUT2D eigenvalue weighted by Crippen LogP contribution is 2.51. The van der Waals surface area contributed by atoms with Crippen LogP contribution in [0.3, 0.4) is 0 Å². The summed E-state index contributed by atoms with van der Waals surface area (Å²) in [7, 11) is 1.84. The molecular formula is C22H23N2+. The molecule has 0 unspecified atom stereocenters. The highest BCUT2D eigenvalue weighted by Gasteiger charge is 2.40. The highest BCUT2D eigenvalue weighted by atomic mass is 14.9. The van der Waals surface area contributed by atoms with Crippen LogP contribution in [0.1, 0.15) is 40.5 Å². The minimum absolute atomic E-state index is 0.254. The molecule has 0 atom stereocenters. The van der Waals surface area contributed by atoms with Crippen molar-refractivity contribution in [3.8, 4) is 22.4 Å². The molecule has 2 nitrogen and oxygen atoms in total. The first-order valence-electron chi connectivity index (χ1n) is 9.74. The van der Waals surface area contributed by atoms with Crippen molar-refractivity contribution in [2.24, 2.45) is 7.05 Å². The van der Waals surface area contributed by atoms with Gasteiger partial charge in [-0.15, -0.1) is 0 Å². The summed E-state index contributed by atoms with van der Waals surface area (Å²) in [5.41, 5.74) is 7.86. The Kier molecular flexibility index (Phi) is 2.50. The molecule has 2 heteroatoms. The van der Waals surface area contributed by atoms with E-state index in [1.165, 1.54) is 11.1 Å². The van der Waals surface area contributed by atoms with Crippen LogP contribution in [0.25, 0.3) is 22.4 Å². The third-order valence-electron chi connectivity index (χ3n) is 5.22. The Morgan fingerprint density at radius 2 is 1.88 bits per heavy atom. The Labute approximate surface area is 148 Å². The van der Waals surface area contributed by atoms with E-state index in [2.05, 4.69) is 44.0 Å². The fourth-order valence-electron chi connectivity index (χ4n) is 3.98. The molecule has 120 valence electrons. The summed E-state index contributed by atoms with van der Waals surface area (Å²) in [6, 6.07) is 13.9. The third kappa shape index (κ3) is 1.89. The molecule has 0 amide bonds. The summed E-state index contributed by atoms with van der Waals surface area (Å²) >= 11 is 0.